The van der Waals surface area contributed by atoms with Crippen molar-refractivity contribution in [3.63, 3.8) is 0 Å². The lowest BCUT2D eigenvalue weighted by Crippen LogP contribution is -2.45. The van der Waals surface area contributed by atoms with Crippen LogP contribution in [-0.4, -0.2) is 43.2 Å². The van der Waals surface area contributed by atoms with E-state index in [0.717, 1.165) is 24.1 Å². The summed E-state index contributed by atoms with van der Waals surface area (Å²) in [4.78, 5) is 15.4. The number of nitrogens with zero attached hydrogens (tertiary/aromatic N) is 2. The standard InChI is InChI=1S/C23H28N2O3S/c1-17-7-8-18(2)22(15-17)29(27,28)25-13-10-20(11-14-25)23(26)24-12-9-19-5-3-4-6-21(19)16-24/h3-8,15,20H,9-14,16H2,1-2H3. The fraction of sp³-hybridized carbons (Fsp3) is 0.435. The maximum atomic E-state index is 13.1. The molecule has 1 amide bonds. The Kier molecular flexibility index (Phi) is 5.49. The third-order valence-corrected chi connectivity index (χ3v) is 8.25. The molecular formula is C23H28N2O3S. The average molecular weight is 413 g/mol. The minimum absolute atomic E-state index is 0.0923. The fourth-order valence-electron chi connectivity index (χ4n) is 4.41. The molecular weight excluding hydrogens is 384 g/mol. The van der Waals surface area contributed by atoms with Crippen molar-refractivity contribution in [2.45, 2.75) is 44.6 Å². The van der Waals surface area contributed by atoms with E-state index in [4.69, 9.17) is 0 Å². The van der Waals surface area contributed by atoms with Crippen LogP contribution >= 0.6 is 0 Å². The van der Waals surface area contributed by atoms with Gasteiger partial charge in [-0.2, -0.15) is 4.31 Å². The van der Waals surface area contributed by atoms with E-state index in [9.17, 15) is 13.2 Å². The summed E-state index contributed by atoms with van der Waals surface area (Å²) in [7, 11) is -3.52. The molecule has 0 atom stereocenters. The number of hydrogen-bond acceptors (Lipinski definition) is 3. The lowest BCUT2D eigenvalue weighted by Gasteiger charge is -2.35. The van der Waals surface area contributed by atoms with E-state index < -0.39 is 10.0 Å². The maximum Gasteiger partial charge on any atom is 0.243 e. The largest absolute Gasteiger partial charge is 0.338 e. The predicted molar refractivity (Wildman–Crippen MR) is 113 cm³/mol. The van der Waals surface area contributed by atoms with E-state index in [1.54, 1.807) is 10.4 Å². The van der Waals surface area contributed by atoms with E-state index >= 15 is 0 Å². The first-order valence-electron chi connectivity index (χ1n) is 10.3. The molecule has 0 spiro atoms. The average Bonchev–Trinajstić information content (AvgIpc) is 2.74. The lowest BCUT2D eigenvalue weighted by molar-refractivity contribution is -0.137. The second-order valence-corrected chi connectivity index (χ2v) is 10.1. The first-order valence-corrected chi connectivity index (χ1v) is 11.7. The van der Waals surface area contributed by atoms with Crippen molar-refractivity contribution in [2.75, 3.05) is 19.6 Å². The number of aryl methyl sites for hydroxylation is 2. The van der Waals surface area contributed by atoms with Crippen LogP contribution in [0.2, 0.25) is 0 Å². The molecule has 2 heterocycles. The Morgan fingerprint density at radius 3 is 2.38 bits per heavy atom. The number of fused-ring (bicyclic) bond motifs is 1. The van der Waals surface area contributed by atoms with Gasteiger partial charge in [-0.3, -0.25) is 4.79 Å². The maximum absolute atomic E-state index is 13.1. The zero-order chi connectivity index (χ0) is 20.6. The molecule has 2 aromatic rings. The van der Waals surface area contributed by atoms with Crippen LogP contribution in [0.25, 0.3) is 0 Å². The Morgan fingerprint density at radius 1 is 0.966 bits per heavy atom. The van der Waals surface area contributed by atoms with E-state index in [1.807, 2.05) is 43.0 Å². The van der Waals surface area contributed by atoms with Crippen LogP contribution in [0.15, 0.2) is 47.4 Å². The number of hydrogen-bond donors (Lipinski definition) is 0. The Hall–Kier alpha value is -2.18. The molecule has 2 aromatic carbocycles. The number of rotatable bonds is 3. The molecule has 0 aliphatic carbocycles. The van der Waals surface area contributed by atoms with E-state index in [2.05, 4.69) is 12.1 Å². The monoisotopic (exact) mass is 412 g/mol. The van der Waals surface area contributed by atoms with Gasteiger partial charge in [-0.05, 0) is 61.4 Å². The smallest absolute Gasteiger partial charge is 0.243 e. The molecule has 0 radical (unpaired) electrons. The third kappa shape index (κ3) is 3.96. The van der Waals surface area contributed by atoms with Crippen molar-refractivity contribution in [1.82, 2.24) is 9.21 Å². The zero-order valence-electron chi connectivity index (χ0n) is 17.1. The minimum Gasteiger partial charge on any atom is -0.338 e. The van der Waals surface area contributed by atoms with Crippen molar-refractivity contribution in [1.29, 1.82) is 0 Å². The summed E-state index contributed by atoms with van der Waals surface area (Å²) in [6, 6.07) is 13.8. The van der Waals surface area contributed by atoms with Crippen LogP contribution in [0.3, 0.4) is 0 Å². The van der Waals surface area contributed by atoms with Gasteiger partial charge in [-0.1, -0.05) is 36.4 Å². The highest BCUT2D eigenvalue weighted by Gasteiger charge is 2.35. The SMILES string of the molecule is Cc1ccc(C)c(S(=O)(=O)N2CCC(C(=O)N3CCc4ccccc4C3)CC2)c1. The van der Waals surface area contributed by atoms with Crippen LogP contribution in [0.1, 0.15) is 35.1 Å². The third-order valence-electron chi connectivity index (χ3n) is 6.21. The molecule has 0 bridgehead atoms. The molecule has 6 heteroatoms. The second-order valence-electron chi connectivity index (χ2n) is 8.23. The quantitative estimate of drug-likeness (QED) is 0.777. The van der Waals surface area contributed by atoms with Crippen molar-refractivity contribution < 1.29 is 13.2 Å². The first kappa shape index (κ1) is 20.1. The van der Waals surface area contributed by atoms with Gasteiger partial charge in [0, 0.05) is 32.1 Å². The van der Waals surface area contributed by atoms with Crippen molar-refractivity contribution >= 4 is 15.9 Å². The van der Waals surface area contributed by atoms with Crippen molar-refractivity contribution in [3.05, 3.63) is 64.7 Å². The molecule has 1 saturated heterocycles. The van der Waals surface area contributed by atoms with Crippen LogP contribution < -0.4 is 0 Å². The molecule has 0 aromatic heterocycles. The topological polar surface area (TPSA) is 57.7 Å². The van der Waals surface area contributed by atoms with Gasteiger partial charge in [0.2, 0.25) is 15.9 Å². The van der Waals surface area contributed by atoms with Gasteiger partial charge in [0.25, 0.3) is 0 Å². The Morgan fingerprint density at radius 2 is 1.66 bits per heavy atom. The van der Waals surface area contributed by atoms with Crippen LogP contribution in [-0.2, 0) is 27.8 Å². The zero-order valence-corrected chi connectivity index (χ0v) is 17.9. The normalized spacial score (nSPS) is 18.5. The van der Waals surface area contributed by atoms with Gasteiger partial charge < -0.3 is 4.90 Å². The summed E-state index contributed by atoms with van der Waals surface area (Å²) in [6.45, 7) is 5.94. The molecule has 4 rings (SSSR count). The molecule has 0 N–H and O–H groups in total. The predicted octanol–water partition coefficient (Wildman–Crippen LogP) is 3.29. The van der Waals surface area contributed by atoms with E-state index in [-0.39, 0.29) is 11.8 Å². The van der Waals surface area contributed by atoms with Crippen LogP contribution in [0, 0.1) is 19.8 Å². The summed E-state index contributed by atoms with van der Waals surface area (Å²) in [5, 5.41) is 0. The van der Waals surface area contributed by atoms with Gasteiger partial charge in [0.15, 0.2) is 0 Å². The van der Waals surface area contributed by atoms with Crippen LogP contribution in [0.5, 0.6) is 0 Å². The Balaban J connectivity index is 1.42. The first-order chi connectivity index (χ1) is 13.9. The summed E-state index contributed by atoms with van der Waals surface area (Å²) in [5.74, 6) is 0.0774. The Bertz CT molecular complexity index is 1020. The van der Waals surface area contributed by atoms with E-state index in [0.29, 0.717) is 37.4 Å². The molecule has 2 aliphatic rings. The number of amides is 1. The minimum atomic E-state index is -3.52. The number of piperidine rings is 1. The van der Waals surface area contributed by atoms with E-state index in [1.165, 1.54) is 11.1 Å². The molecule has 1 fully saturated rings. The summed E-state index contributed by atoms with van der Waals surface area (Å²) in [6.07, 6.45) is 2.06. The number of carbonyl (C=O) groups is 1. The highest BCUT2D eigenvalue weighted by molar-refractivity contribution is 7.89. The van der Waals surface area contributed by atoms with Gasteiger partial charge in [0.1, 0.15) is 0 Å². The molecule has 154 valence electrons. The van der Waals surface area contributed by atoms with Gasteiger partial charge in [0.05, 0.1) is 4.90 Å². The van der Waals surface area contributed by atoms with Gasteiger partial charge in [-0.15, -0.1) is 0 Å². The Labute approximate surface area is 173 Å². The van der Waals surface area contributed by atoms with Crippen LogP contribution in [0.4, 0.5) is 0 Å². The summed E-state index contributed by atoms with van der Waals surface area (Å²) < 4.78 is 27.8. The molecule has 29 heavy (non-hydrogen) atoms. The summed E-state index contributed by atoms with van der Waals surface area (Å²) >= 11 is 0. The number of sulfonamides is 1. The fourth-order valence-corrected chi connectivity index (χ4v) is 6.19. The molecule has 0 saturated carbocycles. The number of carbonyl (C=O) groups excluding carboxylic acids is 1. The highest BCUT2D eigenvalue weighted by atomic mass is 32.2. The highest BCUT2D eigenvalue weighted by Crippen LogP contribution is 2.28. The lowest BCUT2D eigenvalue weighted by atomic mass is 9.94. The van der Waals surface area contributed by atoms with Crippen molar-refractivity contribution in [2.24, 2.45) is 5.92 Å². The van der Waals surface area contributed by atoms with Crippen molar-refractivity contribution in [3.8, 4) is 0 Å². The molecule has 2 aliphatic heterocycles. The number of benzene rings is 2. The second kappa shape index (κ2) is 7.92. The summed E-state index contributed by atoms with van der Waals surface area (Å²) in [5.41, 5.74) is 4.25. The van der Waals surface area contributed by atoms with Gasteiger partial charge >= 0.3 is 0 Å². The molecule has 5 nitrogen and oxygen atoms in total. The van der Waals surface area contributed by atoms with Gasteiger partial charge in [-0.25, -0.2) is 8.42 Å². The molecule has 0 unspecified atom stereocenters.